The lowest BCUT2D eigenvalue weighted by atomic mass is 10.0. The van der Waals surface area contributed by atoms with E-state index in [0.29, 0.717) is 4.75 Å². The second-order valence-corrected chi connectivity index (χ2v) is 7.54. The Balaban J connectivity index is 2.01. The molecule has 0 spiro atoms. The van der Waals surface area contributed by atoms with Gasteiger partial charge in [0, 0.05) is 34.3 Å². The van der Waals surface area contributed by atoms with Crippen LogP contribution in [0.4, 0.5) is 0 Å². The standard InChI is InChI=1S/C16H24BrNOS/c1-4-16(5-2,20-3)11-18-10-13-9-14(17)8-12-6-7-19-15(12)13/h8-9,18H,4-7,10-11H2,1-3H3. The SMILES string of the molecule is CCC(CC)(CNCc1cc(Br)cc2c1OCC2)SC. The summed E-state index contributed by atoms with van der Waals surface area (Å²) in [6, 6.07) is 4.35. The molecule has 1 aliphatic heterocycles. The zero-order valence-electron chi connectivity index (χ0n) is 12.6. The normalized spacial score (nSPS) is 14.2. The number of thioether (sulfide) groups is 1. The van der Waals surface area contributed by atoms with Crippen molar-refractivity contribution >= 4 is 27.7 Å². The molecule has 1 aromatic carbocycles. The van der Waals surface area contributed by atoms with E-state index in [1.165, 1.54) is 24.0 Å². The van der Waals surface area contributed by atoms with Crippen LogP contribution in [-0.4, -0.2) is 24.2 Å². The maximum atomic E-state index is 5.78. The van der Waals surface area contributed by atoms with Gasteiger partial charge in [-0.3, -0.25) is 0 Å². The van der Waals surface area contributed by atoms with Crippen molar-refractivity contribution in [1.29, 1.82) is 0 Å². The number of benzene rings is 1. The number of hydrogen-bond acceptors (Lipinski definition) is 3. The van der Waals surface area contributed by atoms with Gasteiger partial charge in [0.2, 0.25) is 0 Å². The summed E-state index contributed by atoms with van der Waals surface area (Å²) in [5.41, 5.74) is 2.60. The maximum absolute atomic E-state index is 5.78. The summed E-state index contributed by atoms with van der Waals surface area (Å²) in [7, 11) is 0. The number of rotatable bonds is 7. The van der Waals surface area contributed by atoms with Gasteiger partial charge in [-0.2, -0.15) is 11.8 Å². The highest BCUT2D eigenvalue weighted by Crippen LogP contribution is 2.33. The molecular weight excluding hydrogens is 334 g/mol. The number of hydrogen-bond donors (Lipinski definition) is 1. The van der Waals surface area contributed by atoms with Crippen molar-refractivity contribution in [2.45, 2.75) is 44.4 Å². The average Bonchev–Trinajstić information content (AvgIpc) is 2.92. The van der Waals surface area contributed by atoms with Crippen LogP contribution in [0.1, 0.15) is 37.8 Å². The van der Waals surface area contributed by atoms with Crippen LogP contribution < -0.4 is 10.1 Å². The zero-order chi connectivity index (χ0) is 14.6. The molecular formula is C16H24BrNOS. The topological polar surface area (TPSA) is 21.3 Å². The van der Waals surface area contributed by atoms with Crippen LogP contribution in [0.15, 0.2) is 16.6 Å². The summed E-state index contributed by atoms with van der Waals surface area (Å²) >= 11 is 5.58. The predicted molar refractivity (Wildman–Crippen MR) is 91.9 cm³/mol. The summed E-state index contributed by atoms with van der Waals surface area (Å²) in [5, 5.41) is 3.63. The Labute approximate surface area is 135 Å². The van der Waals surface area contributed by atoms with Gasteiger partial charge in [-0.25, -0.2) is 0 Å². The fourth-order valence-electron chi connectivity index (χ4n) is 2.76. The zero-order valence-corrected chi connectivity index (χ0v) is 15.0. The third-order valence-electron chi connectivity index (χ3n) is 4.31. The minimum Gasteiger partial charge on any atom is -0.493 e. The average molecular weight is 358 g/mol. The Hall–Kier alpha value is -0.190. The molecule has 112 valence electrons. The largest absolute Gasteiger partial charge is 0.493 e. The van der Waals surface area contributed by atoms with Gasteiger partial charge in [0.25, 0.3) is 0 Å². The lowest BCUT2D eigenvalue weighted by Crippen LogP contribution is -2.36. The number of fused-ring (bicyclic) bond motifs is 1. The first kappa shape index (κ1) is 16.2. The molecule has 0 aromatic heterocycles. The molecule has 1 aromatic rings. The Morgan fingerprint density at radius 2 is 2.10 bits per heavy atom. The highest BCUT2D eigenvalue weighted by atomic mass is 79.9. The van der Waals surface area contributed by atoms with Crippen molar-refractivity contribution in [1.82, 2.24) is 5.32 Å². The van der Waals surface area contributed by atoms with Crippen molar-refractivity contribution in [2.75, 3.05) is 19.4 Å². The second-order valence-electron chi connectivity index (χ2n) is 5.35. The van der Waals surface area contributed by atoms with Crippen LogP contribution in [0.2, 0.25) is 0 Å². The maximum Gasteiger partial charge on any atom is 0.127 e. The van der Waals surface area contributed by atoms with Gasteiger partial charge in [0.1, 0.15) is 5.75 Å². The Morgan fingerprint density at radius 1 is 1.35 bits per heavy atom. The molecule has 1 N–H and O–H groups in total. The van der Waals surface area contributed by atoms with E-state index in [4.69, 9.17) is 4.74 Å². The minimum absolute atomic E-state index is 0.357. The van der Waals surface area contributed by atoms with E-state index in [-0.39, 0.29) is 0 Å². The molecule has 0 saturated carbocycles. The van der Waals surface area contributed by atoms with Crippen molar-refractivity contribution < 1.29 is 4.74 Å². The molecule has 0 aliphatic carbocycles. The van der Waals surface area contributed by atoms with Gasteiger partial charge in [-0.05, 0) is 36.8 Å². The van der Waals surface area contributed by atoms with E-state index in [1.54, 1.807) is 0 Å². The predicted octanol–water partition coefficient (Wildman–Crippen LogP) is 4.40. The lowest BCUT2D eigenvalue weighted by molar-refractivity contribution is 0.352. The van der Waals surface area contributed by atoms with Crippen LogP contribution in [0, 0.1) is 0 Å². The van der Waals surface area contributed by atoms with Gasteiger partial charge in [0.05, 0.1) is 6.61 Å². The van der Waals surface area contributed by atoms with E-state index in [9.17, 15) is 0 Å². The highest BCUT2D eigenvalue weighted by molar-refractivity contribution is 9.10. The Morgan fingerprint density at radius 3 is 2.75 bits per heavy atom. The Bertz CT molecular complexity index is 452. The van der Waals surface area contributed by atoms with Crippen molar-refractivity contribution in [3.05, 3.63) is 27.7 Å². The first-order valence-corrected chi connectivity index (χ1v) is 9.36. The van der Waals surface area contributed by atoms with Crippen LogP contribution in [0.3, 0.4) is 0 Å². The van der Waals surface area contributed by atoms with E-state index in [2.05, 4.69) is 53.5 Å². The second kappa shape index (κ2) is 7.19. The fourth-order valence-corrected chi connectivity index (χ4v) is 4.14. The summed E-state index contributed by atoms with van der Waals surface area (Å²) in [6.45, 7) is 7.30. The van der Waals surface area contributed by atoms with Crippen LogP contribution >= 0.6 is 27.7 Å². The minimum atomic E-state index is 0.357. The number of ether oxygens (including phenoxy) is 1. The molecule has 2 rings (SSSR count). The Kier molecular flexibility index (Phi) is 5.82. The third-order valence-corrected chi connectivity index (χ3v) is 6.36. The van der Waals surface area contributed by atoms with Gasteiger partial charge in [-0.1, -0.05) is 29.8 Å². The quantitative estimate of drug-likeness (QED) is 0.781. The molecule has 0 fully saturated rings. The number of nitrogens with one attached hydrogen (secondary N) is 1. The monoisotopic (exact) mass is 357 g/mol. The molecule has 2 nitrogen and oxygen atoms in total. The molecule has 4 heteroatoms. The van der Waals surface area contributed by atoms with Gasteiger partial charge < -0.3 is 10.1 Å². The van der Waals surface area contributed by atoms with Crippen LogP contribution in [-0.2, 0) is 13.0 Å². The summed E-state index contributed by atoms with van der Waals surface area (Å²) in [4.78, 5) is 0. The first-order valence-electron chi connectivity index (χ1n) is 7.34. The summed E-state index contributed by atoms with van der Waals surface area (Å²) < 4.78 is 7.29. The van der Waals surface area contributed by atoms with Crippen LogP contribution in [0.5, 0.6) is 5.75 Å². The van der Waals surface area contributed by atoms with E-state index in [0.717, 1.165) is 36.3 Å². The summed E-state index contributed by atoms with van der Waals surface area (Å²) in [6.07, 6.45) is 5.64. The van der Waals surface area contributed by atoms with E-state index in [1.807, 2.05) is 11.8 Å². The molecule has 20 heavy (non-hydrogen) atoms. The molecule has 0 atom stereocenters. The van der Waals surface area contributed by atoms with Crippen molar-refractivity contribution in [2.24, 2.45) is 0 Å². The van der Waals surface area contributed by atoms with Gasteiger partial charge >= 0.3 is 0 Å². The molecule has 1 aliphatic rings. The molecule has 0 unspecified atom stereocenters. The lowest BCUT2D eigenvalue weighted by Gasteiger charge is -2.30. The van der Waals surface area contributed by atoms with Crippen LogP contribution in [0.25, 0.3) is 0 Å². The molecule has 0 amide bonds. The first-order chi connectivity index (χ1) is 9.64. The van der Waals surface area contributed by atoms with E-state index >= 15 is 0 Å². The van der Waals surface area contributed by atoms with Gasteiger partial charge in [0.15, 0.2) is 0 Å². The summed E-state index contributed by atoms with van der Waals surface area (Å²) in [5.74, 6) is 1.10. The molecule has 0 radical (unpaired) electrons. The molecule has 0 bridgehead atoms. The number of halogens is 1. The van der Waals surface area contributed by atoms with Crippen molar-refractivity contribution in [3.8, 4) is 5.75 Å². The molecule has 0 saturated heterocycles. The highest BCUT2D eigenvalue weighted by Gasteiger charge is 2.24. The third kappa shape index (κ3) is 3.52. The molecule has 1 heterocycles. The fraction of sp³-hybridized carbons (Fsp3) is 0.625. The van der Waals surface area contributed by atoms with Gasteiger partial charge in [-0.15, -0.1) is 0 Å². The smallest absolute Gasteiger partial charge is 0.127 e. The van der Waals surface area contributed by atoms with Crippen molar-refractivity contribution in [3.63, 3.8) is 0 Å². The van der Waals surface area contributed by atoms with E-state index < -0.39 is 0 Å².